The summed E-state index contributed by atoms with van der Waals surface area (Å²) in [6, 6.07) is 48.0. The molecule has 0 unspecified atom stereocenters. The molecule has 0 radical (unpaired) electrons. The third kappa shape index (κ3) is 3.15. The lowest BCUT2D eigenvalue weighted by Gasteiger charge is -2.33. The van der Waals surface area contributed by atoms with Gasteiger partial charge in [0.1, 0.15) is 23.0 Å². The summed E-state index contributed by atoms with van der Waals surface area (Å²) >= 11 is 3.82. The van der Waals surface area contributed by atoms with Crippen LogP contribution in [0.4, 0.5) is 0 Å². The van der Waals surface area contributed by atoms with Gasteiger partial charge in [0.05, 0.1) is 16.7 Å². The molecule has 5 heterocycles. The topological polar surface area (TPSA) is 23.4 Å². The van der Waals surface area contributed by atoms with E-state index >= 15 is 0 Å². The Balaban J connectivity index is 1.27. The van der Waals surface area contributed by atoms with E-state index in [1.54, 1.807) is 0 Å². The summed E-state index contributed by atoms with van der Waals surface area (Å²) in [5.74, 6) is 3.49. The van der Waals surface area contributed by atoms with Gasteiger partial charge in [0.25, 0.3) is 6.71 Å². The molecule has 0 bridgehead atoms. The Morgan fingerprint density at radius 1 is 0.479 bits per heavy atom. The van der Waals surface area contributed by atoms with Crippen molar-refractivity contribution in [1.29, 1.82) is 0 Å². The fourth-order valence-electron chi connectivity index (χ4n) is 8.39. The summed E-state index contributed by atoms with van der Waals surface area (Å²) in [7, 11) is 0. The van der Waals surface area contributed by atoms with Crippen LogP contribution in [0.3, 0.4) is 0 Å². The number of nitrogens with zero attached hydrogens (tertiary/aromatic N) is 1. The number of aromatic nitrogens is 1. The van der Waals surface area contributed by atoms with Gasteiger partial charge in [0.2, 0.25) is 0 Å². The van der Waals surface area contributed by atoms with Gasteiger partial charge in [-0.15, -0.1) is 22.7 Å². The Morgan fingerprint density at radius 2 is 0.979 bits per heavy atom. The third-order valence-corrected chi connectivity index (χ3v) is 12.7. The summed E-state index contributed by atoms with van der Waals surface area (Å²) in [6.45, 7) is 0.0443. The molecule has 10 aromatic rings. The Labute approximate surface area is 282 Å². The predicted octanol–water partition coefficient (Wildman–Crippen LogP) is 10.2. The number of hydrogen-bond donors (Lipinski definition) is 0. The summed E-state index contributed by atoms with van der Waals surface area (Å²) < 4.78 is 21.3. The van der Waals surface area contributed by atoms with E-state index in [1.165, 1.54) is 73.1 Å². The average molecular weight is 648 g/mol. The molecule has 3 aromatic heterocycles. The molecule has 0 fully saturated rings. The lowest BCUT2D eigenvalue weighted by molar-refractivity contribution is 0.464. The van der Waals surface area contributed by atoms with Gasteiger partial charge in [-0.3, -0.25) is 0 Å². The second kappa shape index (κ2) is 9.07. The molecule has 2 aliphatic heterocycles. The van der Waals surface area contributed by atoms with E-state index < -0.39 is 0 Å². The normalized spacial score (nSPS) is 13.3. The molecule has 222 valence electrons. The van der Waals surface area contributed by atoms with Crippen molar-refractivity contribution >= 4 is 108 Å². The van der Waals surface area contributed by atoms with Crippen LogP contribution < -0.4 is 25.9 Å². The molecule has 12 rings (SSSR count). The Hall–Kier alpha value is -5.56. The standard InChI is InChI=1S/C42H22BNO2S2/c1-6-16-29-24(11-1)36-40(37-25-12-2-9-19-34(25)47-42(37)38-26-13-3-10-20-35(26)48-41(36)38)44(29)23-21-32-39-33(22-23)46-31-18-8-5-15-28(31)43(39)27-14-4-7-17-30(27)45-32/h1-22H. The summed E-state index contributed by atoms with van der Waals surface area (Å²) in [5.41, 5.74) is 6.87. The van der Waals surface area contributed by atoms with Gasteiger partial charge in [-0.25, -0.2) is 0 Å². The largest absolute Gasteiger partial charge is 0.458 e. The predicted molar refractivity (Wildman–Crippen MR) is 204 cm³/mol. The summed E-state index contributed by atoms with van der Waals surface area (Å²) in [5, 5.41) is 7.85. The van der Waals surface area contributed by atoms with E-state index in [0.717, 1.165) is 34.1 Å². The van der Waals surface area contributed by atoms with E-state index in [1.807, 2.05) is 22.7 Å². The fourth-order valence-corrected chi connectivity index (χ4v) is 11.0. The van der Waals surface area contributed by atoms with Crippen molar-refractivity contribution in [1.82, 2.24) is 4.57 Å². The van der Waals surface area contributed by atoms with Gasteiger partial charge in [-0.1, -0.05) is 91.0 Å². The number of benzene rings is 7. The minimum Gasteiger partial charge on any atom is -0.458 e. The van der Waals surface area contributed by atoms with Crippen molar-refractivity contribution in [3.05, 3.63) is 133 Å². The van der Waals surface area contributed by atoms with E-state index in [9.17, 15) is 0 Å². The highest BCUT2D eigenvalue weighted by molar-refractivity contribution is 7.30. The molecule has 2 aliphatic rings. The second-order valence-electron chi connectivity index (χ2n) is 12.7. The highest BCUT2D eigenvalue weighted by Gasteiger charge is 2.40. The van der Waals surface area contributed by atoms with Crippen molar-refractivity contribution in [2.75, 3.05) is 0 Å². The van der Waals surface area contributed by atoms with Crippen LogP contribution in [0, 0.1) is 0 Å². The first kappa shape index (κ1) is 25.5. The fraction of sp³-hybridized carbons (Fsp3) is 0. The number of thiophene rings is 2. The van der Waals surface area contributed by atoms with Gasteiger partial charge in [-0.2, -0.15) is 0 Å². The number of hydrogen-bond acceptors (Lipinski definition) is 4. The molecule has 0 N–H and O–H groups in total. The van der Waals surface area contributed by atoms with Crippen molar-refractivity contribution in [2.24, 2.45) is 0 Å². The number of para-hydroxylation sites is 3. The lowest BCUT2D eigenvalue weighted by Crippen LogP contribution is -2.57. The summed E-state index contributed by atoms with van der Waals surface area (Å²) in [4.78, 5) is 0. The van der Waals surface area contributed by atoms with Gasteiger partial charge in [0.15, 0.2) is 0 Å². The number of fused-ring (bicyclic) bond motifs is 16. The lowest BCUT2D eigenvalue weighted by atomic mass is 9.35. The van der Waals surface area contributed by atoms with E-state index in [0.29, 0.717) is 0 Å². The number of rotatable bonds is 1. The molecular weight excluding hydrogens is 625 g/mol. The molecule has 3 nitrogen and oxygen atoms in total. The monoisotopic (exact) mass is 647 g/mol. The van der Waals surface area contributed by atoms with Crippen LogP contribution in [-0.2, 0) is 0 Å². The second-order valence-corrected chi connectivity index (χ2v) is 14.9. The third-order valence-electron chi connectivity index (χ3n) is 10.3. The molecular formula is C42H22BNO2S2. The first-order chi connectivity index (χ1) is 23.8. The SMILES string of the molecule is c1ccc2c(c1)Oc1cc(-n3c4ccccc4c4c5sc6ccccc6c5c5sc6ccccc6c5c43)cc3c1B2c1ccccc1O3. The Morgan fingerprint density at radius 3 is 1.62 bits per heavy atom. The maximum atomic E-state index is 6.77. The van der Waals surface area contributed by atoms with Gasteiger partial charge in [0, 0.05) is 68.7 Å². The zero-order valence-corrected chi connectivity index (χ0v) is 27.0. The van der Waals surface area contributed by atoms with Crippen molar-refractivity contribution in [2.45, 2.75) is 0 Å². The quantitative estimate of drug-likeness (QED) is 0.166. The van der Waals surface area contributed by atoms with E-state index in [4.69, 9.17) is 9.47 Å². The average Bonchev–Trinajstić information content (AvgIpc) is 3.81. The molecule has 0 atom stereocenters. The van der Waals surface area contributed by atoms with Gasteiger partial charge >= 0.3 is 0 Å². The molecule has 6 heteroatoms. The van der Waals surface area contributed by atoms with Crippen LogP contribution in [0.1, 0.15) is 0 Å². The first-order valence-electron chi connectivity index (χ1n) is 16.2. The van der Waals surface area contributed by atoms with Crippen LogP contribution in [0.25, 0.3) is 67.8 Å². The smallest absolute Gasteiger partial charge is 0.260 e. The highest BCUT2D eigenvalue weighted by Crippen LogP contribution is 2.52. The van der Waals surface area contributed by atoms with Crippen LogP contribution in [0.15, 0.2) is 133 Å². The molecule has 7 aromatic carbocycles. The zero-order chi connectivity index (χ0) is 31.1. The highest BCUT2D eigenvalue weighted by atomic mass is 32.1. The van der Waals surface area contributed by atoms with Crippen molar-refractivity contribution < 1.29 is 9.47 Å². The Bertz CT molecular complexity index is 2940. The maximum absolute atomic E-state index is 6.77. The first-order valence-corrected chi connectivity index (χ1v) is 17.8. The van der Waals surface area contributed by atoms with E-state index in [-0.39, 0.29) is 6.71 Å². The molecule has 0 amide bonds. The van der Waals surface area contributed by atoms with Crippen LogP contribution >= 0.6 is 22.7 Å². The van der Waals surface area contributed by atoms with Crippen molar-refractivity contribution in [3.63, 3.8) is 0 Å². The van der Waals surface area contributed by atoms with Crippen LogP contribution in [0.5, 0.6) is 23.0 Å². The maximum Gasteiger partial charge on any atom is 0.260 e. The Kier molecular flexibility index (Phi) is 4.82. The molecule has 0 saturated heterocycles. The van der Waals surface area contributed by atoms with Crippen LogP contribution in [-0.4, -0.2) is 11.3 Å². The van der Waals surface area contributed by atoms with Gasteiger partial charge in [-0.05, 0) is 41.3 Å². The van der Waals surface area contributed by atoms with Crippen LogP contribution in [0.2, 0.25) is 0 Å². The van der Waals surface area contributed by atoms with Crippen molar-refractivity contribution in [3.8, 4) is 28.7 Å². The minimum atomic E-state index is 0.0443. The summed E-state index contributed by atoms with van der Waals surface area (Å²) in [6.07, 6.45) is 0. The zero-order valence-electron chi connectivity index (χ0n) is 25.4. The molecule has 0 spiro atoms. The number of ether oxygens (including phenoxy) is 2. The van der Waals surface area contributed by atoms with Gasteiger partial charge < -0.3 is 14.0 Å². The molecule has 0 aliphatic carbocycles. The molecule has 0 saturated carbocycles. The minimum absolute atomic E-state index is 0.0443. The molecule has 48 heavy (non-hydrogen) atoms. The van der Waals surface area contributed by atoms with E-state index in [2.05, 4.69) is 138 Å².